The van der Waals surface area contributed by atoms with Crippen LogP contribution in [-0.2, 0) is 13.7 Å². The van der Waals surface area contributed by atoms with Crippen LogP contribution < -0.4 is 14.8 Å². The van der Waals surface area contributed by atoms with E-state index in [1.165, 1.54) is 19.3 Å². The molecule has 1 aliphatic rings. The van der Waals surface area contributed by atoms with E-state index < -0.39 is 0 Å². The summed E-state index contributed by atoms with van der Waals surface area (Å²) in [6.07, 6.45) is 6.48. The van der Waals surface area contributed by atoms with Crippen molar-refractivity contribution in [3.63, 3.8) is 0 Å². The molecular weight excluding hydrogens is 432 g/mol. The maximum absolute atomic E-state index is 12.8. The van der Waals surface area contributed by atoms with Crippen LogP contribution in [0.1, 0.15) is 48.2 Å². The number of benzene rings is 2. The molecule has 2 aromatic carbocycles. The largest absolute Gasteiger partial charge is 0.490 e. The third-order valence-electron chi connectivity index (χ3n) is 6.17. The summed E-state index contributed by atoms with van der Waals surface area (Å²) in [4.78, 5) is 12.8. The van der Waals surface area contributed by atoms with E-state index in [-0.39, 0.29) is 5.91 Å². The smallest absolute Gasteiger partial charge is 0.272 e. The topological polar surface area (TPSA) is 52.5 Å². The number of amides is 1. The first-order valence-electron chi connectivity index (χ1n) is 11.5. The minimum atomic E-state index is -0.118. The normalized spacial score (nSPS) is 14.3. The Morgan fingerprint density at radius 3 is 2.61 bits per heavy atom. The number of hydrogen-bond donors (Lipinski definition) is 1. The van der Waals surface area contributed by atoms with E-state index in [1.807, 2.05) is 77.7 Å². The lowest BCUT2D eigenvalue weighted by atomic mass is 9.98. The van der Waals surface area contributed by atoms with Crippen LogP contribution in [0.25, 0.3) is 10.2 Å². The zero-order valence-corrected chi connectivity index (χ0v) is 19.6. The zero-order valence-electron chi connectivity index (χ0n) is 18.8. The van der Waals surface area contributed by atoms with Gasteiger partial charge in [0.25, 0.3) is 5.91 Å². The van der Waals surface area contributed by atoms with Crippen molar-refractivity contribution in [3.05, 3.63) is 77.3 Å². The number of thiophene rings is 1. The van der Waals surface area contributed by atoms with Gasteiger partial charge in [0.2, 0.25) is 0 Å². The molecule has 5 rings (SSSR count). The number of nitrogens with one attached hydrogen (secondary N) is 1. The molecule has 4 aromatic rings. The van der Waals surface area contributed by atoms with Gasteiger partial charge in [0.05, 0.1) is 16.3 Å². The van der Waals surface area contributed by atoms with Crippen molar-refractivity contribution in [2.45, 2.75) is 44.8 Å². The minimum absolute atomic E-state index is 0.118. The van der Waals surface area contributed by atoms with Crippen LogP contribution in [0.15, 0.2) is 66.0 Å². The summed E-state index contributed by atoms with van der Waals surface area (Å²) >= 11 is 1.64. The Labute approximate surface area is 198 Å². The molecule has 5 nitrogen and oxygen atoms in total. The monoisotopic (exact) mass is 460 g/mol. The van der Waals surface area contributed by atoms with Gasteiger partial charge in [-0.3, -0.25) is 4.79 Å². The van der Waals surface area contributed by atoms with Gasteiger partial charge in [-0.15, -0.1) is 11.3 Å². The Morgan fingerprint density at radius 1 is 1.03 bits per heavy atom. The van der Waals surface area contributed by atoms with Crippen LogP contribution >= 0.6 is 11.3 Å². The molecule has 0 spiro atoms. The van der Waals surface area contributed by atoms with Crippen molar-refractivity contribution in [3.8, 4) is 11.5 Å². The van der Waals surface area contributed by atoms with Crippen LogP contribution in [0.5, 0.6) is 11.5 Å². The Balaban J connectivity index is 1.17. The average Bonchev–Trinajstić information content (AvgIpc) is 3.42. The van der Waals surface area contributed by atoms with E-state index in [2.05, 4.69) is 5.32 Å². The number of nitrogens with zero attached hydrogens (tertiary/aromatic N) is 1. The van der Waals surface area contributed by atoms with Crippen molar-refractivity contribution >= 4 is 33.1 Å². The van der Waals surface area contributed by atoms with Gasteiger partial charge in [0.15, 0.2) is 0 Å². The Kier molecular flexibility index (Phi) is 6.35. The molecule has 0 bridgehead atoms. The van der Waals surface area contributed by atoms with Gasteiger partial charge in [-0.25, -0.2) is 0 Å². The molecule has 1 fully saturated rings. The van der Waals surface area contributed by atoms with Gasteiger partial charge in [-0.2, -0.15) is 0 Å². The number of hydrogen-bond acceptors (Lipinski definition) is 4. The predicted octanol–water partition coefficient (Wildman–Crippen LogP) is 6.78. The summed E-state index contributed by atoms with van der Waals surface area (Å²) < 4.78 is 15.1. The summed E-state index contributed by atoms with van der Waals surface area (Å²) in [6.45, 7) is 0.423. The summed E-state index contributed by atoms with van der Waals surface area (Å²) in [6, 6.07) is 19.6. The first-order valence-corrected chi connectivity index (χ1v) is 12.4. The van der Waals surface area contributed by atoms with Crippen molar-refractivity contribution in [1.82, 2.24) is 4.57 Å². The van der Waals surface area contributed by atoms with Gasteiger partial charge in [0, 0.05) is 12.7 Å². The quantitative estimate of drug-likeness (QED) is 0.331. The van der Waals surface area contributed by atoms with E-state index in [1.54, 1.807) is 11.3 Å². The molecule has 2 heterocycles. The van der Waals surface area contributed by atoms with Crippen molar-refractivity contribution in [2.24, 2.45) is 7.05 Å². The average molecular weight is 461 g/mol. The molecule has 1 aliphatic carbocycles. The molecule has 0 saturated heterocycles. The zero-order chi connectivity index (χ0) is 22.6. The summed E-state index contributed by atoms with van der Waals surface area (Å²) in [5, 5.41) is 5.04. The maximum atomic E-state index is 12.8. The lowest BCUT2D eigenvalue weighted by molar-refractivity contribution is 0.101. The highest BCUT2D eigenvalue weighted by Crippen LogP contribution is 2.26. The molecule has 1 saturated carbocycles. The van der Waals surface area contributed by atoms with Gasteiger partial charge in [0.1, 0.15) is 23.8 Å². The van der Waals surface area contributed by atoms with Gasteiger partial charge >= 0.3 is 0 Å². The first kappa shape index (κ1) is 21.6. The fourth-order valence-electron chi connectivity index (χ4n) is 4.36. The SMILES string of the molecule is Cn1c(C(=O)Nc2cccc(COc3ccc(OC4CCCCC4)cc3)c2)cc2sccc21. The van der Waals surface area contributed by atoms with E-state index in [0.717, 1.165) is 45.8 Å². The summed E-state index contributed by atoms with van der Waals surface area (Å²) in [5.41, 5.74) is 3.46. The summed E-state index contributed by atoms with van der Waals surface area (Å²) in [7, 11) is 1.92. The number of carbonyl (C=O) groups is 1. The van der Waals surface area contributed by atoms with E-state index in [0.29, 0.717) is 18.4 Å². The third kappa shape index (κ3) is 5.06. The van der Waals surface area contributed by atoms with Crippen molar-refractivity contribution in [1.29, 1.82) is 0 Å². The molecule has 6 heteroatoms. The maximum Gasteiger partial charge on any atom is 0.272 e. The van der Waals surface area contributed by atoms with Crippen molar-refractivity contribution < 1.29 is 14.3 Å². The standard InChI is InChI=1S/C27H28N2O3S/c1-29-24-14-15-33-26(24)17-25(29)27(30)28-20-7-5-6-19(16-20)18-31-21-10-12-23(13-11-21)32-22-8-3-2-4-9-22/h5-7,10-17,22H,2-4,8-9,18H2,1H3,(H,28,30). The second-order valence-corrected chi connectivity index (χ2v) is 9.50. The molecule has 1 N–H and O–H groups in total. The highest BCUT2D eigenvalue weighted by molar-refractivity contribution is 7.17. The molecule has 0 radical (unpaired) electrons. The van der Waals surface area contributed by atoms with E-state index >= 15 is 0 Å². The van der Waals surface area contributed by atoms with Crippen molar-refractivity contribution in [2.75, 3.05) is 5.32 Å². The predicted molar refractivity (Wildman–Crippen MR) is 133 cm³/mol. The second-order valence-electron chi connectivity index (χ2n) is 8.55. The fourth-order valence-corrected chi connectivity index (χ4v) is 5.21. The first-order chi connectivity index (χ1) is 16.2. The number of rotatable bonds is 7. The molecule has 0 unspecified atom stereocenters. The molecule has 1 amide bonds. The fraction of sp³-hybridized carbons (Fsp3) is 0.296. The lowest BCUT2D eigenvalue weighted by Gasteiger charge is -2.23. The molecule has 170 valence electrons. The van der Waals surface area contributed by atoms with Crippen LogP contribution in [0.4, 0.5) is 5.69 Å². The number of aromatic nitrogens is 1. The third-order valence-corrected chi connectivity index (χ3v) is 7.02. The Bertz CT molecular complexity index is 1240. The number of ether oxygens (including phenoxy) is 2. The second kappa shape index (κ2) is 9.71. The number of fused-ring (bicyclic) bond motifs is 1. The minimum Gasteiger partial charge on any atom is -0.490 e. The molecular formula is C27H28N2O3S. The van der Waals surface area contributed by atoms with Gasteiger partial charge in [-0.1, -0.05) is 18.6 Å². The number of anilines is 1. The Hall–Kier alpha value is -3.25. The van der Waals surface area contributed by atoms with Crippen LogP contribution in [0.2, 0.25) is 0 Å². The Morgan fingerprint density at radius 2 is 1.82 bits per heavy atom. The van der Waals surface area contributed by atoms with Crippen LogP contribution in [0, 0.1) is 0 Å². The molecule has 33 heavy (non-hydrogen) atoms. The van der Waals surface area contributed by atoms with E-state index in [9.17, 15) is 4.79 Å². The lowest BCUT2D eigenvalue weighted by Crippen LogP contribution is -2.19. The van der Waals surface area contributed by atoms with Gasteiger partial charge < -0.3 is 19.4 Å². The number of aryl methyl sites for hydroxylation is 1. The highest BCUT2D eigenvalue weighted by Gasteiger charge is 2.15. The molecule has 0 aliphatic heterocycles. The highest BCUT2D eigenvalue weighted by atomic mass is 32.1. The number of carbonyl (C=O) groups excluding carboxylic acids is 1. The molecule has 2 aromatic heterocycles. The van der Waals surface area contributed by atoms with Gasteiger partial charge in [-0.05, 0) is 85.2 Å². The molecule has 0 atom stereocenters. The van der Waals surface area contributed by atoms with Crippen LogP contribution in [0.3, 0.4) is 0 Å². The summed E-state index contributed by atoms with van der Waals surface area (Å²) in [5.74, 6) is 1.58. The van der Waals surface area contributed by atoms with E-state index in [4.69, 9.17) is 9.47 Å². The van der Waals surface area contributed by atoms with Crippen LogP contribution in [-0.4, -0.2) is 16.6 Å².